The Morgan fingerprint density at radius 2 is 1.80 bits per heavy atom. The molecular weight excluding hydrogens is 188 g/mol. The van der Waals surface area contributed by atoms with Crippen LogP contribution in [0.5, 0.6) is 0 Å². The normalized spacial score (nSPS) is 17.4. The molecule has 0 aliphatic carbocycles. The Morgan fingerprint density at radius 1 is 1.13 bits per heavy atom. The van der Waals surface area contributed by atoms with Gasteiger partial charge in [0.25, 0.3) is 0 Å². The van der Waals surface area contributed by atoms with Gasteiger partial charge in [-0.25, -0.2) is 0 Å². The van der Waals surface area contributed by atoms with Crippen LogP contribution >= 0.6 is 0 Å². The van der Waals surface area contributed by atoms with Crippen LogP contribution in [-0.2, 0) is 0 Å². The first kappa shape index (κ1) is 14.8. The molecule has 3 atom stereocenters. The molecule has 4 heteroatoms. The summed E-state index contributed by atoms with van der Waals surface area (Å²) in [4.78, 5) is 0. The van der Waals surface area contributed by atoms with Crippen molar-refractivity contribution in [2.45, 2.75) is 44.3 Å². The summed E-state index contributed by atoms with van der Waals surface area (Å²) in [5.41, 5.74) is 6.09. The number of nitrogens with one attached hydrogen (secondary N) is 3. The largest absolute Gasteiger partial charge is 0.325 e. The Labute approximate surface area is 94.4 Å². The van der Waals surface area contributed by atoms with Gasteiger partial charge in [0, 0.05) is 24.7 Å². The van der Waals surface area contributed by atoms with Crippen LogP contribution in [0.4, 0.5) is 0 Å². The van der Waals surface area contributed by atoms with Gasteiger partial charge < -0.3 is 21.7 Å². The van der Waals surface area contributed by atoms with Crippen molar-refractivity contribution in [3.63, 3.8) is 0 Å². The van der Waals surface area contributed by atoms with Gasteiger partial charge in [-0.3, -0.25) is 0 Å². The van der Waals surface area contributed by atoms with Gasteiger partial charge >= 0.3 is 0 Å². The van der Waals surface area contributed by atoms with Crippen molar-refractivity contribution < 1.29 is 0 Å². The van der Waals surface area contributed by atoms with Crippen LogP contribution in [0.3, 0.4) is 0 Å². The lowest BCUT2D eigenvalue weighted by Crippen LogP contribution is -2.51. The van der Waals surface area contributed by atoms with Gasteiger partial charge in [-0.1, -0.05) is 13.3 Å². The Kier molecular flexibility index (Phi) is 9.00. The summed E-state index contributed by atoms with van der Waals surface area (Å²) in [5, 5.41) is 9.77. The summed E-state index contributed by atoms with van der Waals surface area (Å²) < 4.78 is 0. The maximum absolute atomic E-state index is 6.09. The van der Waals surface area contributed by atoms with Gasteiger partial charge in [0.05, 0.1) is 0 Å². The minimum absolute atomic E-state index is 0.174. The lowest BCUT2D eigenvalue weighted by Gasteiger charge is -2.27. The van der Waals surface area contributed by atoms with Gasteiger partial charge in [0.1, 0.15) is 0 Å². The van der Waals surface area contributed by atoms with E-state index in [4.69, 9.17) is 5.73 Å². The summed E-state index contributed by atoms with van der Waals surface area (Å²) in [5.74, 6) is 0. The van der Waals surface area contributed by atoms with Crippen molar-refractivity contribution in [1.29, 1.82) is 0 Å². The number of hydrogen-bond donors (Lipinski definition) is 4. The molecule has 0 spiro atoms. The standard InChI is InChI=1S/C11H28N4/c1-5-6-9(14-3)7-11(15-4)10(12)8-13-2/h9-11,13-15H,5-8,12H2,1-4H3. The van der Waals surface area contributed by atoms with E-state index in [1.165, 1.54) is 12.8 Å². The molecule has 4 nitrogen and oxygen atoms in total. The van der Waals surface area contributed by atoms with Gasteiger partial charge in [0.15, 0.2) is 0 Å². The first-order chi connectivity index (χ1) is 7.19. The van der Waals surface area contributed by atoms with Crippen molar-refractivity contribution in [1.82, 2.24) is 16.0 Å². The molecule has 0 heterocycles. The lowest BCUT2D eigenvalue weighted by molar-refractivity contribution is 0.358. The fraction of sp³-hybridized carbons (Fsp3) is 1.00. The Morgan fingerprint density at radius 3 is 2.20 bits per heavy atom. The topological polar surface area (TPSA) is 62.1 Å². The maximum atomic E-state index is 6.09. The second-order valence-electron chi connectivity index (χ2n) is 4.13. The molecule has 0 saturated carbocycles. The van der Waals surface area contributed by atoms with E-state index >= 15 is 0 Å². The monoisotopic (exact) mass is 216 g/mol. The molecule has 0 fully saturated rings. The maximum Gasteiger partial charge on any atom is 0.0321 e. The molecule has 5 N–H and O–H groups in total. The molecule has 0 amide bonds. The zero-order valence-electron chi connectivity index (χ0n) is 10.6. The first-order valence-corrected chi connectivity index (χ1v) is 5.94. The molecule has 15 heavy (non-hydrogen) atoms. The van der Waals surface area contributed by atoms with E-state index in [2.05, 4.69) is 22.9 Å². The highest BCUT2D eigenvalue weighted by molar-refractivity contribution is 4.83. The van der Waals surface area contributed by atoms with Crippen LogP contribution in [0.1, 0.15) is 26.2 Å². The van der Waals surface area contributed by atoms with E-state index in [0.29, 0.717) is 12.1 Å². The van der Waals surface area contributed by atoms with Crippen LogP contribution in [0.25, 0.3) is 0 Å². The Balaban J connectivity index is 4.04. The number of likely N-dealkylation sites (N-methyl/N-ethyl adjacent to an activating group) is 2. The van der Waals surface area contributed by atoms with Crippen LogP contribution in [0.15, 0.2) is 0 Å². The van der Waals surface area contributed by atoms with Crippen molar-refractivity contribution in [3.05, 3.63) is 0 Å². The molecule has 0 aromatic carbocycles. The van der Waals surface area contributed by atoms with E-state index in [-0.39, 0.29) is 6.04 Å². The van der Waals surface area contributed by atoms with E-state index in [1.54, 1.807) is 0 Å². The van der Waals surface area contributed by atoms with Crippen molar-refractivity contribution in [3.8, 4) is 0 Å². The number of nitrogens with two attached hydrogens (primary N) is 1. The van der Waals surface area contributed by atoms with Crippen LogP contribution < -0.4 is 21.7 Å². The van der Waals surface area contributed by atoms with Crippen molar-refractivity contribution in [2.75, 3.05) is 27.7 Å². The quantitative estimate of drug-likeness (QED) is 0.435. The first-order valence-electron chi connectivity index (χ1n) is 5.94. The van der Waals surface area contributed by atoms with Crippen molar-refractivity contribution >= 4 is 0 Å². The summed E-state index contributed by atoms with van der Waals surface area (Å²) in [6.07, 6.45) is 3.51. The van der Waals surface area contributed by atoms with E-state index in [9.17, 15) is 0 Å². The Hall–Kier alpha value is -0.160. The highest BCUT2D eigenvalue weighted by Crippen LogP contribution is 2.06. The van der Waals surface area contributed by atoms with Gasteiger partial charge in [-0.15, -0.1) is 0 Å². The molecule has 3 unspecified atom stereocenters. The van der Waals surface area contributed by atoms with E-state index < -0.39 is 0 Å². The third kappa shape index (κ3) is 6.10. The second-order valence-corrected chi connectivity index (χ2v) is 4.13. The molecule has 0 radical (unpaired) electrons. The summed E-state index contributed by atoms with van der Waals surface area (Å²) >= 11 is 0. The van der Waals surface area contributed by atoms with Gasteiger partial charge in [0.2, 0.25) is 0 Å². The van der Waals surface area contributed by atoms with Gasteiger partial charge in [-0.05, 0) is 34.0 Å². The molecular formula is C11H28N4. The summed E-state index contributed by atoms with van der Waals surface area (Å²) in [6.45, 7) is 3.07. The predicted molar refractivity (Wildman–Crippen MR) is 67.1 cm³/mol. The molecule has 92 valence electrons. The third-order valence-corrected chi connectivity index (χ3v) is 2.91. The Bertz CT molecular complexity index is 141. The lowest BCUT2D eigenvalue weighted by atomic mass is 9.98. The third-order valence-electron chi connectivity index (χ3n) is 2.91. The smallest absolute Gasteiger partial charge is 0.0321 e. The molecule has 0 aromatic rings. The van der Waals surface area contributed by atoms with Crippen molar-refractivity contribution in [2.24, 2.45) is 5.73 Å². The molecule has 0 saturated heterocycles. The summed E-state index contributed by atoms with van der Waals surface area (Å²) in [6, 6.07) is 1.12. The predicted octanol–water partition coefficient (Wildman–Crippen LogP) is -0.101. The highest BCUT2D eigenvalue weighted by atomic mass is 15.0. The molecule has 0 aromatic heterocycles. The molecule has 0 bridgehead atoms. The minimum atomic E-state index is 0.174. The molecule has 0 aliphatic heterocycles. The average molecular weight is 216 g/mol. The summed E-state index contributed by atoms with van der Waals surface area (Å²) in [7, 11) is 5.95. The zero-order chi connectivity index (χ0) is 11.7. The number of hydrogen-bond acceptors (Lipinski definition) is 4. The zero-order valence-corrected chi connectivity index (χ0v) is 10.6. The van der Waals surface area contributed by atoms with E-state index in [0.717, 1.165) is 13.0 Å². The SMILES string of the molecule is CCCC(CC(NC)C(N)CNC)NC. The molecule has 0 rings (SSSR count). The van der Waals surface area contributed by atoms with Crippen LogP contribution in [0.2, 0.25) is 0 Å². The average Bonchev–Trinajstić information content (AvgIpc) is 2.24. The van der Waals surface area contributed by atoms with Gasteiger partial charge in [-0.2, -0.15) is 0 Å². The van der Waals surface area contributed by atoms with Crippen LogP contribution in [-0.4, -0.2) is 45.8 Å². The fourth-order valence-electron chi connectivity index (χ4n) is 1.92. The fourth-order valence-corrected chi connectivity index (χ4v) is 1.92. The highest BCUT2D eigenvalue weighted by Gasteiger charge is 2.18. The van der Waals surface area contributed by atoms with E-state index in [1.807, 2.05) is 21.1 Å². The van der Waals surface area contributed by atoms with Crippen LogP contribution in [0, 0.1) is 0 Å². The molecule has 0 aliphatic rings. The second kappa shape index (κ2) is 9.09. The number of rotatable bonds is 9. The minimum Gasteiger partial charge on any atom is -0.325 e.